The molecule has 5 nitrogen and oxygen atoms in total. The highest BCUT2D eigenvalue weighted by Gasteiger charge is 2.28. The van der Waals surface area contributed by atoms with E-state index < -0.39 is 11.6 Å². The van der Waals surface area contributed by atoms with Gasteiger partial charge < -0.3 is 10.6 Å². The molecule has 116 valence electrons. The zero-order valence-electron chi connectivity index (χ0n) is 13.2. The maximum Gasteiger partial charge on any atom is 0.341 e. The van der Waals surface area contributed by atoms with Gasteiger partial charge in [-0.2, -0.15) is 0 Å². The summed E-state index contributed by atoms with van der Waals surface area (Å²) in [5.41, 5.74) is 0.811. The van der Waals surface area contributed by atoms with Gasteiger partial charge in [0, 0.05) is 11.8 Å². The van der Waals surface area contributed by atoms with Gasteiger partial charge in [-0.25, -0.2) is 4.79 Å². The zero-order chi connectivity index (χ0) is 16.5. The van der Waals surface area contributed by atoms with E-state index in [1.165, 1.54) is 10.9 Å². The van der Waals surface area contributed by atoms with Gasteiger partial charge >= 0.3 is 5.97 Å². The van der Waals surface area contributed by atoms with Crippen LogP contribution in [0.3, 0.4) is 0 Å². The van der Waals surface area contributed by atoms with Crippen LogP contribution in [0.2, 0.25) is 0 Å². The van der Waals surface area contributed by atoms with Crippen molar-refractivity contribution >= 4 is 11.8 Å². The lowest BCUT2D eigenvalue weighted by molar-refractivity contribution is 0.00672. The lowest BCUT2D eigenvalue weighted by Gasteiger charge is -2.19. The van der Waals surface area contributed by atoms with E-state index in [0.717, 1.165) is 0 Å². The number of rotatable bonds is 3. The topological polar surface area (TPSA) is 74.3 Å². The molecule has 0 aliphatic heterocycles. The van der Waals surface area contributed by atoms with Gasteiger partial charge in [-0.3, -0.25) is 9.47 Å². The minimum absolute atomic E-state index is 0.214. The Morgan fingerprint density at radius 2 is 1.73 bits per heavy atom. The van der Waals surface area contributed by atoms with E-state index in [0.29, 0.717) is 11.3 Å². The lowest BCUT2D eigenvalue weighted by Crippen LogP contribution is -2.25. The van der Waals surface area contributed by atoms with Crippen molar-refractivity contribution in [3.8, 4) is 0 Å². The quantitative estimate of drug-likeness (QED) is 0.537. The van der Waals surface area contributed by atoms with Crippen LogP contribution in [-0.2, 0) is 4.74 Å². The molecule has 0 aliphatic rings. The molecule has 0 atom stereocenters. The second-order valence-electron chi connectivity index (χ2n) is 6.11. The number of hydrogen-bond acceptors (Lipinski definition) is 4. The number of carbonyl (C=O) groups excluding carboxylic acids is 2. The molecule has 1 aromatic heterocycles. The number of carbonyl (C=O) groups is 2. The van der Waals surface area contributed by atoms with Gasteiger partial charge in [-0.05, 0) is 27.7 Å². The molecular weight excluding hydrogens is 280 g/mol. The number of esters is 1. The number of hydrogen-bond donors (Lipinski definition) is 1. The summed E-state index contributed by atoms with van der Waals surface area (Å²) in [7, 11) is 0. The van der Waals surface area contributed by atoms with E-state index >= 15 is 0 Å². The minimum atomic E-state index is -0.646. The highest BCUT2D eigenvalue weighted by molar-refractivity contribution is 6.15. The summed E-state index contributed by atoms with van der Waals surface area (Å²) < 4.78 is 6.66. The average Bonchev–Trinajstić information content (AvgIpc) is 2.73. The molecule has 0 bridgehead atoms. The largest absolute Gasteiger partial charge is 0.456 e. The third-order valence-corrected chi connectivity index (χ3v) is 3.17. The predicted octanol–water partition coefficient (Wildman–Crippen LogP) is 2.70. The fourth-order valence-electron chi connectivity index (χ4n) is 2.13. The summed E-state index contributed by atoms with van der Waals surface area (Å²) in [5.74, 6) is 5.01. The average molecular weight is 300 g/mol. The molecule has 0 amide bonds. The molecule has 2 aromatic rings. The van der Waals surface area contributed by atoms with Crippen LogP contribution in [0, 0.1) is 6.92 Å². The Bertz CT molecular complexity index is 709. The zero-order valence-corrected chi connectivity index (χ0v) is 13.2. The predicted molar refractivity (Wildman–Crippen MR) is 84.4 cm³/mol. The number of ether oxygens (including phenoxy) is 1. The first kappa shape index (κ1) is 15.8. The number of nitrogen functional groups attached to an aromatic ring is 1. The molecule has 22 heavy (non-hydrogen) atoms. The van der Waals surface area contributed by atoms with Gasteiger partial charge in [0.1, 0.15) is 5.60 Å². The summed E-state index contributed by atoms with van der Waals surface area (Å²) in [6, 6.07) is 8.76. The van der Waals surface area contributed by atoms with Crippen LogP contribution in [0.1, 0.15) is 52.7 Å². The molecule has 0 saturated heterocycles. The molecule has 0 spiro atoms. The van der Waals surface area contributed by atoms with Crippen LogP contribution in [-0.4, -0.2) is 22.0 Å². The normalized spacial score (nSPS) is 11.3. The van der Waals surface area contributed by atoms with E-state index in [-0.39, 0.29) is 16.9 Å². The van der Waals surface area contributed by atoms with Crippen LogP contribution < -0.4 is 5.84 Å². The standard InChI is InChI=1S/C17H20N2O3/c1-11-14(16(21)22-17(2,3)4)13(10-19(11)18)15(20)12-8-6-5-7-9-12/h5-10H,18H2,1-4H3. The van der Waals surface area contributed by atoms with E-state index in [9.17, 15) is 9.59 Å². The first-order valence-corrected chi connectivity index (χ1v) is 7.01. The monoisotopic (exact) mass is 300 g/mol. The first-order chi connectivity index (χ1) is 10.2. The van der Waals surface area contributed by atoms with Crippen molar-refractivity contribution < 1.29 is 14.3 Å². The van der Waals surface area contributed by atoms with Crippen LogP contribution >= 0.6 is 0 Å². The Kier molecular flexibility index (Phi) is 4.08. The molecule has 0 fully saturated rings. The number of nitrogens with zero attached hydrogens (tertiary/aromatic N) is 1. The van der Waals surface area contributed by atoms with Gasteiger partial charge in [0.25, 0.3) is 0 Å². The molecular formula is C17H20N2O3. The Morgan fingerprint density at radius 1 is 1.14 bits per heavy atom. The third kappa shape index (κ3) is 3.19. The molecule has 1 aromatic carbocycles. The number of nitrogens with two attached hydrogens (primary N) is 1. The van der Waals surface area contributed by atoms with Gasteiger partial charge in [-0.1, -0.05) is 30.3 Å². The van der Waals surface area contributed by atoms with Crippen molar-refractivity contribution in [2.75, 3.05) is 5.84 Å². The van der Waals surface area contributed by atoms with Crippen LogP contribution in [0.25, 0.3) is 0 Å². The van der Waals surface area contributed by atoms with Crippen molar-refractivity contribution in [1.29, 1.82) is 0 Å². The maximum atomic E-state index is 12.6. The molecule has 1 heterocycles. The van der Waals surface area contributed by atoms with Crippen molar-refractivity contribution in [2.24, 2.45) is 0 Å². The summed E-state index contributed by atoms with van der Waals surface area (Å²) in [4.78, 5) is 25.0. The number of aromatic nitrogens is 1. The second-order valence-corrected chi connectivity index (χ2v) is 6.11. The van der Waals surface area contributed by atoms with Gasteiger partial charge in [0.05, 0.1) is 16.8 Å². The minimum Gasteiger partial charge on any atom is -0.456 e. The smallest absolute Gasteiger partial charge is 0.341 e. The molecule has 2 rings (SSSR count). The Balaban J connectivity index is 2.47. The van der Waals surface area contributed by atoms with Crippen LogP contribution in [0.4, 0.5) is 0 Å². The molecule has 0 unspecified atom stereocenters. The third-order valence-electron chi connectivity index (χ3n) is 3.17. The van der Waals surface area contributed by atoms with Gasteiger partial charge in [-0.15, -0.1) is 0 Å². The van der Waals surface area contributed by atoms with Crippen molar-refractivity contribution in [3.05, 3.63) is 58.9 Å². The fraction of sp³-hybridized carbons (Fsp3) is 0.294. The van der Waals surface area contributed by atoms with E-state index in [2.05, 4.69) is 0 Å². The highest BCUT2D eigenvalue weighted by atomic mass is 16.6. The molecule has 5 heteroatoms. The Labute approximate surface area is 129 Å². The van der Waals surface area contributed by atoms with E-state index in [1.807, 2.05) is 6.07 Å². The number of ketones is 1. The van der Waals surface area contributed by atoms with E-state index in [1.54, 1.807) is 52.0 Å². The molecule has 0 radical (unpaired) electrons. The van der Waals surface area contributed by atoms with Gasteiger partial charge in [0.2, 0.25) is 0 Å². The summed E-state index contributed by atoms with van der Waals surface area (Å²) >= 11 is 0. The Morgan fingerprint density at radius 3 is 2.27 bits per heavy atom. The van der Waals surface area contributed by atoms with E-state index in [4.69, 9.17) is 10.6 Å². The van der Waals surface area contributed by atoms with Crippen LogP contribution in [0.5, 0.6) is 0 Å². The first-order valence-electron chi connectivity index (χ1n) is 7.01. The molecule has 0 aliphatic carbocycles. The van der Waals surface area contributed by atoms with Crippen molar-refractivity contribution in [1.82, 2.24) is 4.68 Å². The maximum absolute atomic E-state index is 12.6. The summed E-state index contributed by atoms with van der Waals surface area (Å²) in [6.45, 7) is 7.01. The summed E-state index contributed by atoms with van der Waals surface area (Å²) in [6.07, 6.45) is 1.46. The van der Waals surface area contributed by atoms with Gasteiger partial charge in [0.15, 0.2) is 5.78 Å². The second kappa shape index (κ2) is 5.67. The fourth-order valence-corrected chi connectivity index (χ4v) is 2.13. The van der Waals surface area contributed by atoms with Crippen LogP contribution in [0.15, 0.2) is 36.5 Å². The highest BCUT2D eigenvalue weighted by Crippen LogP contribution is 2.22. The number of benzene rings is 1. The summed E-state index contributed by atoms with van der Waals surface area (Å²) in [5, 5.41) is 0. The Hall–Kier alpha value is -2.56. The SMILES string of the molecule is Cc1c(C(=O)OC(C)(C)C)c(C(=O)c2ccccc2)cn1N. The lowest BCUT2D eigenvalue weighted by atomic mass is 10.0. The van der Waals surface area contributed by atoms with Crippen molar-refractivity contribution in [3.63, 3.8) is 0 Å². The molecule has 2 N–H and O–H groups in total. The van der Waals surface area contributed by atoms with Crippen molar-refractivity contribution in [2.45, 2.75) is 33.3 Å². The molecule has 0 saturated carbocycles.